The van der Waals surface area contributed by atoms with Gasteiger partial charge in [-0.15, -0.1) is 0 Å². The zero-order chi connectivity index (χ0) is 7.56. The first-order valence-electron chi connectivity index (χ1n) is 3.15. The lowest BCUT2D eigenvalue weighted by Crippen LogP contribution is -2.21. The highest BCUT2D eigenvalue weighted by atomic mass is 35.5. The predicted molar refractivity (Wildman–Crippen MR) is 46.4 cm³/mol. The number of hydrogen-bond donors (Lipinski definition) is 0. The summed E-state index contributed by atoms with van der Waals surface area (Å²) in [7, 11) is 0. The van der Waals surface area contributed by atoms with Gasteiger partial charge in [0.25, 0.3) is 0 Å². The Bertz CT molecular complexity index is 325. The fourth-order valence-corrected chi connectivity index (χ4v) is 1.05. The zero-order valence-electron chi connectivity index (χ0n) is 5.89. The van der Waals surface area contributed by atoms with Crippen LogP contribution in [0.2, 0.25) is 5.02 Å². The lowest BCUT2D eigenvalue weighted by molar-refractivity contribution is 1.52. The molecule has 0 aliphatic heterocycles. The molecule has 0 N–H and O–H groups in total. The Labute approximate surface area is 65.5 Å². The Morgan fingerprint density at radius 3 is 2.70 bits per heavy atom. The highest BCUT2D eigenvalue weighted by Crippen LogP contribution is 1.98. The van der Waals surface area contributed by atoms with Crippen molar-refractivity contribution < 1.29 is 0 Å². The van der Waals surface area contributed by atoms with Crippen molar-refractivity contribution in [2.75, 3.05) is 0 Å². The van der Waals surface area contributed by atoms with E-state index in [0.29, 0.717) is 0 Å². The molecule has 1 aromatic rings. The van der Waals surface area contributed by atoms with Crippen LogP contribution < -0.4 is 10.4 Å². The molecule has 0 unspecified atom stereocenters. The SMILES string of the molecule is C=c1cc(Cl)ccc1=CC. The van der Waals surface area contributed by atoms with E-state index in [-0.39, 0.29) is 0 Å². The maximum atomic E-state index is 5.72. The fourth-order valence-electron chi connectivity index (χ4n) is 0.856. The van der Waals surface area contributed by atoms with Gasteiger partial charge in [-0.2, -0.15) is 0 Å². The second-order valence-corrected chi connectivity index (χ2v) is 2.57. The Hall–Kier alpha value is -0.750. The van der Waals surface area contributed by atoms with Crippen molar-refractivity contribution in [3.8, 4) is 0 Å². The molecule has 1 rings (SSSR count). The fraction of sp³-hybridized carbons (Fsp3) is 0.111. The minimum absolute atomic E-state index is 0.746. The van der Waals surface area contributed by atoms with Gasteiger partial charge in [0.2, 0.25) is 0 Å². The topological polar surface area (TPSA) is 0 Å². The van der Waals surface area contributed by atoms with Crippen molar-refractivity contribution >= 4 is 24.3 Å². The molecule has 0 saturated carbocycles. The maximum absolute atomic E-state index is 5.72. The van der Waals surface area contributed by atoms with Crippen LogP contribution in [-0.4, -0.2) is 0 Å². The van der Waals surface area contributed by atoms with Gasteiger partial charge in [-0.25, -0.2) is 0 Å². The summed E-state index contributed by atoms with van der Waals surface area (Å²) in [6, 6.07) is 5.69. The molecule has 0 nitrogen and oxygen atoms in total. The van der Waals surface area contributed by atoms with E-state index < -0.39 is 0 Å². The van der Waals surface area contributed by atoms with Gasteiger partial charge in [0.15, 0.2) is 0 Å². The molecular weight excluding hydrogens is 144 g/mol. The molecule has 0 aromatic heterocycles. The highest BCUT2D eigenvalue weighted by Gasteiger charge is 1.83. The van der Waals surface area contributed by atoms with E-state index in [9.17, 15) is 0 Å². The van der Waals surface area contributed by atoms with Crippen molar-refractivity contribution in [3.63, 3.8) is 0 Å². The van der Waals surface area contributed by atoms with Gasteiger partial charge in [-0.1, -0.05) is 30.3 Å². The molecule has 1 heteroatoms. The van der Waals surface area contributed by atoms with E-state index in [1.165, 1.54) is 0 Å². The molecule has 0 heterocycles. The van der Waals surface area contributed by atoms with Crippen molar-refractivity contribution in [2.45, 2.75) is 6.92 Å². The van der Waals surface area contributed by atoms with Gasteiger partial charge in [0.05, 0.1) is 0 Å². The molecule has 0 amide bonds. The summed E-state index contributed by atoms with van der Waals surface area (Å²) >= 11 is 5.72. The van der Waals surface area contributed by atoms with E-state index in [0.717, 1.165) is 15.5 Å². The maximum Gasteiger partial charge on any atom is 0.0412 e. The van der Waals surface area contributed by atoms with Crippen LogP contribution in [-0.2, 0) is 0 Å². The zero-order valence-corrected chi connectivity index (χ0v) is 6.65. The second-order valence-electron chi connectivity index (χ2n) is 2.13. The minimum atomic E-state index is 0.746. The summed E-state index contributed by atoms with van der Waals surface area (Å²) < 4.78 is 0. The van der Waals surface area contributed by atoms with Crippen LogP contribution >= 0.6 is 11.6 Å². The molecular formula is C9H9Cl. The summed E-state index contributed by atoms with van der Waals surface area (Å²) in [5.74, 6) is 0. The normalized spacial score (nSPS) is 12.0. The van der Waals surface area contributed by atoms with E-state index >= 15 is 0 Å². The van der Waals surface area contributed by atoms with Crippen LogP contribution in [0.25, 0.3) is 12.7 Å². The Balaban J connectivity index is 3.50. The lowest BCUT2D eigenvalue weighted by Gasteiger charge is -1.88. The minimum Gasteiger partial charge on any atom is -0.0911 e. The summed E-state index contributed by atoms with van der Waals surface area (Å²) in [6.07, 6.45) is 2.01. The van der Waals surface area contributed by atoms with Crippen LogP contribution in [0.1, 0.15) is 6.92 Å². The molecule has 0 radical (unpaired) electrons. The van der Waals surface area contributed by atoms with Gasteiger partial charge in [-0.05, 0) is 29.5 Å². The molecule has 10 heavy (non-hydrogen) atoms. The molecule has 0 aliphatic rings. The van der Waals surface area contributed by atoms with Gasteiger partial charge >= 0.3 is 0 Å². The van der Waals surface area contributed by atoms with Crippen LogP contribution in [0.15, 0.2) is 18.2 Å². The highest BCUT2D eigenvalue weighted by molar-refractivity contribution is 6.30. The molecule has 0 fully saturated rings. The average molecular weight is 153 g/mol. The molecule has 52 valence electrons. The summed E-state index contributed by atoms with van der Waals surface area (Å²) in [4.78, 5) is 0. The Morgan fingerprint density at radius 1 is 1.50 bits per heavy atom. The second kappa shape index (κ2) is 2.89. The first kappa shape index (κ1) is 7.36. The van der Waals surface area contributed by atoms with E-state index in [1.807, 2.05) is 31.2 Å². The average Bonchev–Trinajstić information content (AvgIpc) is 1.88. The van der Waals surface area contributed by atoms with Crippen molar-refractivity contribution in [1.29, 1.82) is 0 Å². The standard InChI is InChI=1S/C9H9Cl/c1-3-8-4-5-9(10)6-7(8)2/h3-6H,2H2,1H3. The van der Waals surface area contributed by atoms with E-state index in [2.05, 4.69) is 6.58 Å². The van der Waals surface area contributed by atoms with Crippen LogP contribution in [0.5, 0.6) is 0 Å². The molecule has 0 saturated heterocycles. The number of rotatable bonds is 0. The molecule has 0 aliphatic carbocycles. The van der Waals surface area contributed by atoms with Crippen molar-refractivity contribution in [2.24, 2.45) is 0 Å². The van der Waals surface area contributed by atoms with Gasteiger partial charge < -0.3 is 0 Å². The first-order chi connectivity index (χ1) is 4.74. The van der Waals surface area contributed by atoms with E-state index in [1.54, 1.807) is 0 Å². The van der Waals surface area contributed by atoms with Crippen molar-refractivity contribution in [3.05, 3.63) is 33.7 Å². The monoisotopic (exact) mass is 152 g/mol. The molecule has 0 atom stereocenters. The molecule has 1 aromatic carbocycles. The number of benzene rings is 1. The predicted octanol–water partition coefficient (Wildman–Crippen LogP) is 1.55. The lowest BCUT2D eigenvalue weighted by atomic mass is 10.2. The molecule has 0 bridgehead atoms. The van der Waals surface area contributed by atoms with Crippen LogP contribution in [0.4, 0.5) is 0 Å². The first-order valence-corrected chi connectivity index (χ1v) is 3.52. The number of halogens is 1. The molecule has 0 spiro atoms. The van der Waals surface area contributed by atoms with E-state index in [4.69, 9.17) is 11.6 Å². The smallest absolute Gasteiger partial charge is 0.0412 e. The van der Waals surface area contributed by atoms with Gasteiger partial charge in [0, 0.05) is 5.02 Å². The van der Waals surface area contributed by atoms with Crippen LogP contribution in [0, 0.1) is 0 Å². The van der Waals surface area contributed by atoms with Crippen LogP contribution in [0.3, 0.4) is 0 Å². The largest absolute Gasteiger partial charge is 0.0911 e. The third-order valence-corrected chi connectivity index (χ3v) is 1.65. The van der Waals surface area contributed by atoms with Crippen molar-refractivity contribution in [1.82, 2.24) is 0 Å². The van der Waals surface area contributed by atoms with Gasteiger partial charge in [-0.3, -0.25) is 0 Å². The number of hydrogen-bond acceptors (Lipinski definition) is 0. The Morgan fingerprint density at radius 2 is 2.20 bits per heavy atom. The summed E-state index contributed by atoms with van der Waals surface area (Å²) in [6.45, 7) is 5.82. The summed E-state index contributed by atoms with van der Waals surface area (Å²) in [5, 5.41) is 2.87. The summed E-state index contributed by atoms with van der Waals surface area (Å²) in [5.41, 5.74) is 0. The third kappa shape index (κ3) is 1.39. The quantitative estimate of drug-likeness (QED) is 0.529. The third-order valence-electron chi connectivity index (χ3n) is 1.42. The Kier molecular flexibility index (Phi) is 2.13. The van der Waals surface area contributed by atoms with Gasteiger partial charge in [0.1, 0.15) is 0 Å².